The molecule has 0 saturated carbocycles. The molecule has 0 unspecified atom stereocenters. The molecule has 1 N–H and O–H groups in total. The number of hydrogen-bond acceptors (Lipinski definition) is 7. The van der Waals surface area contributed by atoms with Crippen LogP contribution in [0, 0.1) is 0 Å². The van der Waals surface area contributed by atoms with Crippen LogP contribution in [-0.4, -0.2) is 53.1 Å². The third kappa shape index (κ3) is 7.09. The number of nitrogens with zero attached hydrogens (tertiary/aromatic N) is 4. The lowest BCUT2D eigenvalue weighted by Crippen LogP contribution is -2.48. The largest absolute Gasteiger partial charge is 0.368 e. The second-order valence-corrected chi connectivity index (χ2v) is 10.8. The Labute approximate surface area is 216 Å². The summed E-state index contributed by atoms with van der Waals surface area (Å²) in [5.41, 5.74) is 2.22. The summed E-state index contributed by atoms with van der Waals surface area (Å²) in [4.78, 5) is 28.9. The molecule has 1 aromatic heterocycles. The average Bonchev–Trinajstić information content (AvgIpc) is 3.30. The van der Waals surface area contributed by atoms with E-state index < -0.39 is 0 Å². The van der Waals surface area contributed by atoms with Gasteiger partial charge in [0.05, 0.1) is 0 Å². The fourth-order valence-electron chi connectivity index (χ4n) is 3.47. The molecule has 4 rings (SSSR count). The summed E-state index contributed by atoms with van der Waals surface area (Å²) < 4.78 is 0.764. The molecule has 1 saturated heterocycles. The molecule has 0 radical (unpaired) electrons. The normalized spacial score (nSPS) is 13.7. The smallest absolute Gasteiger partial charge is 0.226 e. The number of thioether (sulfide) groups is 1. The molecule has 0 spiro atoms. The lowest BCUT2D eigenvalue weighted by atomic mass is 10.2. The van der Waals surface area contributed by atoms with Gasteiger partial charge in [0.2, 0.25) is 16.9 Å². The summed E-state index contributed by atoms with van der Waals surface area (Å²) in [6, 6.07) is 15.3. The lowest BCUT2D eigenvalue weighted by Gasteiger charge is -2.36. The maximum absolute atomic E-state index is 12.6. The van der Waals surface area contributed by atoms with Crippen molar-refractivity contribution in [2.75, 3.05) is 36.4 Å². The predicted octanol–water partition coefficient (Wildman–Crippen LogP) is 5.20. The van der Waals surface area contributed by atoms with Crippen molar-refractivity contribution in [3.05, 3.63) is 64.1 Å². The molecule has 3 aromatic rings. The van der Waals surface area contributed by atoms with Crippen molar-refractivity contribution >= 4 is 68.9 Å². The maximum Gasteiger partial charge on any atom is 0.226 e. The zero-order valence-electron chi connectivity index (χ0n) is 18.2. The Balaban J connectivity index is 1.17. The molecular formula is C23H23Cl2N5O2S2. The van der Waals surface area contributed by atoms with Crippen LogP contribution >= 0.6 is 46.3 Å². The zero-order valence-corrected chi connectivity index (χ0v) is 21.4. The van der Waals surface area contributed by atoms with Gasteiger partial charge in [-0.05, 0) is 42.0 Å². The van der Waals surface area contributed by atoms with Crippen LogP contribution in [0.1, 0.15) is 18.4 Å². The number of piperazine rings is 1. The van der Waals surface area contributed by atoms with Gasteiger partial charge in [-0.1, -0.05) is 58.4 Å². The van der Waals surface area contributed by atoms with E-state index in [1.165, 1.54) is 11.3 Å². The van der Waals surface area contributed by atoms with E-state index in [0.717, 1.165) is 34.4 Å². The van der Waals surface area contributed by atoms with Crippen LogP contribution in [0.4, 0.5) is 10.8 Å². The minimum atomic E-state index is -0.237. The highest BCUT2D eigenvalue weighted by molar-refractivity contribution is 8.00. The third-order valence-corrected chi connectivity index (χ3v) is 7.87. The quantitative estimate of drug-likeness (QED) is 0.315. The van der Waals surface area contributed by atoms with Gasteiger partial charge in [0, 0.05) is 60.5 Å². The number of rotatable bonds is 8. The number of hydrogen-bond donors (Lipinski definition) is 1. The first-order valence-corrected chi connectivity index (χ1v) is 13.3. The number of nitrogens with one attached hydrogen (secondary N) is 1. The lowest BCUT2D eigenvalue weighted by molar-refractivity contribution is -0.133. The van der Waals surface area contributed by atoms with Gasteiger partial charge >= 0.3 is 0 Å². The van der Waals surface area contributed by atoms with Crippen molar-refractivity contribution in [3.8, 4) is 0 Å². The summed E-state index contributed by atoms with van der Waals surface area (Å²) in [7, 11) is 0. The number of carbonyl (C=O) groups is 2. The average molecular weight is 537 g/mol. The van der Waals surface area contributed by atoms with Crippen LogP contribution in [0.25, 0.3) is 0 Å². The highest BCUT2D eigenvalue weighted by atomic mass is 35.5. The van der Waals surface area contributed by atoms with E-state index in [0.29, 0.717) is 28.3 Å². The van der Waals surface area contributed by atoms with Gasteiger partial charge in [0.1, 0.15) is 0 Å². The molecule has 0 aliphatic carbocycles. The van der Waals surface area contributed by atoms with Crippen LogP contribution in [0.15, 0.2) is 52.9 Å². The first-order valence-electron chi connectivity index (χ1n) is 10.7. The van der Waals surface area contributed by atoms with E-state index in [1.54, 1.807) is 11.8 Å². The summed E-state index contributed by atoms with van der Waals surface area (Å²) in [5, 5.41) is 12.7. The van der Waals surface area contributed by atoms with Crippen molar-refractivity contribution in [1.82, 2.24) is 15.1 Å². The van der Waals surface area contributed by atoms with Crippen molar-refractivity contribution < 1.29 is 9.59 Å². The molecule has 1 aliphatic heterocycles. The summed E-state index contributed by atoms with van der Waals surface area (Å²) in [6.45, 7) is 2.77. The fraction of sp³-hybridized carbons (Fsp3) is 0.304. The molecule has 1 aliphatic rings. The van der Waals surface area contributed by atoms with E-state index >= 15 is 0 Å². The Bertz CT molecular complexity index is 1120. The van der Waals surface area contributed by atoms with Crippen LogP contribution in [0.5, 0.6) is 0 Å². The van der Waals surface area contributed by atoms with Crippen LogP contribution in [-0.2, 0) is 15.3 Å². The van der Waals surface area contributed by atoms with Crippen LogP contribution in [0.3, 0.4) is 0 Å². The van der Waals surface area contributed by atoms with Gasteiger partial charge in [-0.15, -0.1) is 10.2 Å². The topological polar surface area (TPSA) is 78.4 Å². The van der Waals surface area contributed by atoms with E-state index in [9.17, 15) is 9.59 Å². The molecule has 2 aromatic carbocycles. The number of halogens is 2. The monoisotopic (exact) mass is 535 g/mol. The maximum atomic E-state index is 12.6. The molecule has 0 bridgehead atoms. The van der Waals surface area contributed by atoms with Crippen molar-refractivity contribution in [2.24, 2.45) is 0 Å². The Morgan fingerprint density at radius 1 is 0.912 bits per heavy atom. The fourth-order valence-corrected chi connectivity index (χ4v) is 5.45. The highest BCUT2D eigenvalue weighted by Gasteiger charge is 2.22. The second-order valence-electron chi connectivity index (χ2n) is 7.68. The van der Waals surface area contributed by atoms with Gasteiger partial charge in [-0.3, -0.25) is 9.59 Å². The Morgan fingerprint density at radius 2 is 1.56 bits per heavy atom. The SMILES string of the molecule is O=C(CCC(=O)N1CCN(c2ccc(Cl)cc2)CC1)Nc1nnc(SCc2ccc(Cl)cc2)s1. The Hall–Kier alpha value is -2.33. The molecule has 2 heterocycles. The van der Waals surface area contributed by atoms with E-state index in [1.807, 2.05) is 53.4 Å². The zero-order chi connectivity index (χ0) is 23.9. The molecule has 1 fully saturated rings. The van der Waals surface area contributed by atoms with Crippen molar-refractivity contribution in [1.29, 1.82) is 0 Å². The molecule has 0 atom stereocenters. The van der Waals surface area contributed by atoms with Gasteiger partial charge in [0.25, 0.3) is 0 Å². The molecule has 7 nitrogen and oxygen atoms in total. The third-order valence-electron chi connectivity index (χ3n) is 5.32. The molecule has 11 heteroatoms. The van der Waals surface area contributed by atoms with E-state index in [4.69, 9.17) is 23.2 Å². The van der Waals surface area contributed by atoms with Crippen LogP contribution < -0.4 is 10.2 Å². The molecule has 2 amide bonds. The van der Waals surface area contributed by atoms with Crippen LogP contribution in [0.2, 0.25) is 10.0 Å². The number of anilines is 2. The first kappa shape index (κ1) is 24.8. The number of benzene rings is 2. The van der Waals surface area contributed by atoms with Crippen molar-refractivity contribution in [2.45, 2.75) is 22.9 Å². The molecule has 34 heavy (non-hydrogen) atoms. The minimum Gasteiger partial charge on any atom is -0.368 e. The number of aromatic nitrogens is 2. The molecule has 178 valence electrons. The highest BCUT2D eigenvalue weighted by Crippen LogP contribution is 2.28. The van der Waals surface area contributed by atoms with Crippen molar-refractivity contribution in [3.63, 3.8) is 0 Å². The number of carbonyl (C=O) groups excluding carboxylic acids is 2. The minimum absolute atomic E-state index is 0.0117. The Kier molecular flexibility index (Phi) is 8.66. The van der Waals surface area contributed by atoms with E-state index in [-0.39, 0.29) is 24.7 Å². The summed E-state index contributed by atoms with van der Waals surface area (Å²) in [6.07, 6.45) is 0.285. The van der Waals surface area contributed by atoms with E-state index in [2.05, 4.69) is 20.4 Å². The van der Waals surface area contributed by atoms with Gasteiger partial charge in [0.15, 0.2) is 4.34 Å². The first-order chi connectivity index (χ1) is 16.5. The summed E-state index contributed by atoms with van der Waals surface area (Å²) >= 11 is 14.7. The molecular weight excluding hydrogens is 513 g/mol. The standard InChI is InChI=1S/C23H23Cl2N5O2S2/c24-17-3-1-16(2-4-17)15-33-23-28-27-22(34-23)26-20(31)9-10-21(32)30-13-11-29(12-14-30)19-7-5-18(25)6-8-19/h1-8H,9-15H2,(H,26,27,31). The van der Waals surface area contributed by atoms with Gasteiger partial charge in [-0.2, -0.15) is 0 Å². The van der Waals surface area contributed by atoms with Gasteiger partial charge in [-0.25, -0.2) is 0 Å². The summed E-state index contributed by atoms with van der Waals surface area (Å²) in [5.74, 6) is 0.487. The second kappa shape index (κ2) is 11.9. The predicted molar refractivity (Wildman–Crippen MR) is 139 cm³/mol. The number of amides is 2. The Morgan fingerprint density at radius 3 is 2.24 bits per heavy atom. The van der Waals surface area contributed by atoms with Gasteiger partial charge < -0.3 is 15.1 Å².